The number of alkyl halides is 2. The molecule has 0 aromatic heterocycles. The first-order chi connectivity index (χ1) is 13.7. The van der Waals surface area contributed by atoms with Gasteiger partial charge in [0.15, 0.2) is 0 Å². The van der Waals surface area contributed by atoms with E-state index in [0.717, 1.165) is 66.9 Å². The molecule has 2 aromatic rings. The Balaban J connectivity index is 2.58. The Morgan fingerprint density at radius 3 is 0.931 bits per heavy atom. The zero-order chi connectivity index (χ0) is 21.9. The molecule has 160 valence electrons. The Hall–Kier alpha value is 3.91. The quantitative estimate of drug-likeness (QED) is 0.147. The summed E-state index contributed by atoms with van der Waals surface area (Å²) < 4.78 is 7.86. The number of hydrogen-bond donors (Lipinski definition) is 0. The van der Waals surface area contributed by atoms with Gasteiger partial charge in [0.05, 0.1) is 0 Å². The average Bonchev–Trinajstić information content (AvgIpc) is 2.70. The zero-order valence-electron chi connectivity index (χ0n) is 13.8. The van der Waals surface area contributed by atoms with E-state index in [0.29, 0.717) is 11.8 Å². The molecule has 0 heterocycles. The molecule has 0 saturated heterocycles. The van der Waals surface area contributed by atoms with Gasteiger partial charge in [0.1, 0.15) is 0 Å². The molecule has 2 aromatic carbocycles. The largest absolute Gasteiger partial charge is 0.126 e. The molecule has 0 N–H and O–H groups in total. The van der Waals surface area contributed by atoms with Crippen LogP contribution in [-0.4, -0.2) is 23.3 Å². The van der Waals surface area contributed by atoms with E-state index in [1.54, 1.807) is 35.3 Å². The highest BCUT2D eigenvalue weighted by Crippen LogP contribution is 2.55. The minimum absolute atomic E-state index is 0.589. The molecular weight excluding hydrogens is 999 g/mol. The standard InChI is InChI=1S/C16H8Br8Cl2S3/c17-5-9(21)15(10(22)6(18)13(5)27-3-1-25)29-16-11(23)7(19)14(28-4-2-26)8(20)12(16)24/h1-4H2. The van der Waals surface area contributed by atoms with Crippen molar-refractivity contribution in [2.24, 2.45) is 0 Å². The minimum Gasteiger partial charge on any atom is -0.126 e. The molecule has 29 heavy (non-hydrogen) atoms. The molecular formula is C16H8Br8Cl2S3. The van der Waals surface area contributed by atoms with Crippen LogP contribution in [0.15, 0.2) is 55.4 Å². The smallest absolute Gasteiger partial charge is 0.0480 e. The summed E-state index contributed by atoms with van der Waals surface area (Å²) in [6.07, 6.45) is 0. The predicted molar refractivity (Wildman–Crippen MR) is 161 cm³/mol. The maximum Gasteiger partial charge on any atom is 0.0480 e. The molecule has 0 atom stereocenters. The third-order valence-corrected chi connectivity index (χ3v) is 18.1. The first-order valence-electron chi connectivity index (χ1n) is 7.44. The summed E-state index contributed by atoms with van der Waals surface area (Å²) in [5.74, 6) is 2.82. The molecule has 0 aliphatic carbocycles. The molecule has 0 fully saturated rings. The number of benzene rings is 2. The van der Waals surface area contributed by atoms with Gasteiger partial charge in [0, 0.05) is 78.6 Å². The van der Waals surface area contributed by atoms with Gasteiger partial charge in [-0.1, -0.05) is 11.8 Å². The SMILES string of the molecule is ClCCSc1c(Br)c(Br)c(Sc2c(Br)c(Br)c(SCCCl)c(Br)c2Br)c(Br)c1Br. The lowest BCUT2D eigenvalue weighted by molar-refractivity contribution is 1.17. The molecule has 0 radical (unpaired) electrons. The summed E-state index contributed by atoms with van der Waals surface area (Å²) in [7, 11) is 0. The molecule has 13 heteroatoms. The fraction of sp³-hybridized carbons (Fsp3) is 0.250. The van der Waals surface area contributed by atoms with Crippen LogP contribution in [0.2, 0.25) is 0 Å². The van der Waals surface area contributed by atoms with Crippen LogP contribution in [0.25, 0.3) is 0 Å². The Labute approximate surface area is 260 Å². The van der Waals surface area contributed by atoms with E-state index in [1.807, 2.05) is 0 Å². The van der Waals surface area contributed by atoms with Crippen LogP contribution in [0, 0.1) is 0 Å². The molecule has 0 amide bonds. The third kappa shape index (κ3) is 6.99. The van der Waals surface area contributed by atoms with E-state index in [-0.39, 0.29) is 0 Å². The summed E-state index contributed by atoms with van der Waals surface area (Å²) in [5, 5.41) is 0. The van der Waals surface area contributed by atoms with Gasteiger partial charge in [-0.3, -0.25) is 0 Å². The van der Waals surface area contributed by atoms with Gasteiger partial charge in [0.2, 0.25) is 0 Å². The fourth-order valence-electron chi connectivity index (χ4n) is 2.00. The fourth-order valence-corrected chi connectivity index (χ4v) is 12.5. The van der Waals surface area contributed by atoms with Crippen molar-refractivity contribution in [2.45, 2.75) is 19.6 Å². The van der Waals surface area contributed by atoms with Crippen LogP contribution < -0.4 is 0 Å². The van der Waals surface area contributed by atoms with E-state index < -0.39 is 0 Å². The van der Waals surface area contributed by atoms with Gasteiger partial charge in [-0.15, -0.1) is 46.7 Å². The van der Waals surface area contributed by atoms with Crippen molar-refractivity contribution in [1.82, 2.24) is 0 Å². The second-order valence-corrected chi connectivity index (χ2v) is 15.3. The maximum absolute atomic E-state index is 5.88. The molecule has 0 bridgehead atoms. The topological polar surface area (TPSA) is 0 Å². The Kier molecular flexibility index (Phi) is 13.9. The number of thioether (sulfide) groups is 2. The van der Waals surface area contributed by atoms with Crippen molar-refractivity contribution in [3.63, 3.8) is 0 Å². The Morgan fingerprint density at radius 2 is 0.690 bits per heavy atom. The lowest BCUT2D eigenvalue weighted by Crippen LogP contribution is -1.93. The first kappa shape index (κ1) is 29.1. The van der Waals surface area contributed by atoms with Crippen LogP contribution in [0.4, 0.5) is 0 Å². The van der Waals surface area contributed by atoms with Crippen molar-refractivity contribution >= 4 is 186 Å². The van der Waals surface area contributed by atoms with Gasteiger partial charge < -0.3 is 0 Å². The second kappa shape index (κ2) is 13.9. The summed E-state index contributed by atoms with van der Waals surface area (Å²) in [5.41, 5.74) is 0. The van der Waals surface area contributed by atoms with E-state index in [9.17, 15) is 0 Å². The van der Waals surface area contributed by atoms with Gasteiger partial charge in [-0.25, -0.2) is 0 Å². The highest BCUT2D eigenvalue weighted by atomic mass is 79.9. The van der Waals surface area contributed by atoms with Gasteiger partial charge >= 0.3 is 0 Å². The highest BCUT2D eigenvalue weighted by molar-refractivity contribution is 9.14. The normalized spacial score (nSPS) is 11.4. The molecule has 0 spiro atoms. The second-order valence-electron chi connectivity index (χ2n) is 5.01. The summed E-state index contributed by atoms with van der Waals surface area (Å²) in [4.78, 5) is 4.28. The van der Waals surface area contributed by atoms with Crippen LogP contribution in [0.5, 0.6) is 0 Å². The van der Waals surface area contributed by atoms with Crippen LogP contribution in [0.1, 0.15) is 0 Å². The zero-order valence-corrected chi connectivity index (χ0v) is 30.5. The van der Waals surface area contributed by atoms with Gasteiger partial charge in [-0.05, 0) is 127 Å². The van der Waals surface area contributed by atoms with E-state index >= 15 is 0 Å². The van der Waals surface area contributed by atoms with Crippen molar-refractivity contribution in [3.05, 3.63) is 35.8 Å². The third-order valence-electron chi connectivity index (χ3n) is 3.22. The maximum atomic E-state index is 5.88. The number of hydrogen-bond acceptors (Lipinski definition) is 3. The van der Waals surface area contributed by atoms with Crippen LogP contribution in [-0.2, 0) is 0 Å². The molecule has 0 aliphatic rings. The van der Waals surface area contributed by atoms with Gasteiger partial charge in [0.25, 0.3) is 0 Å². The Bertz CT molecular complexity index is 795. The first-order valence-corrected chi connectivity index (χ1v) is 17.6. The monoisotopic (exact) mass is 997 g/mol. The van der Waals surface area contributed by atoms with E-state index in [4.69, 9.17) is 23.2 Å². The average molecular weight is 1010 g/mol. The summed E-state index contributed by atoms with van der Waals surface area (Å²) in [6, 6.07) is 0. The predicted octanol–water partition coefficient (Wildman–Crippen LogP) is 12.6. The minimum atomic E-state index is 0.589. The molecule has 0 unspecified atom stereocenters. The van der Waals surface area contributed by atoms with Crippen molar-refractivity contribution < 1.29 is 0 Å². The lowest BCUT2D eigenvalue weighted by atomic mass is 10.3. The number of rotatable bonds is 8. The Morgan fingerprint density at radius 1 is 0.448 bits per heavy atom. The van der Waals surface area contributed by atoms with Crippen molar-refractivity contribution in [3.8, 4) is 0 Å². The molecule has 0 aliphatic heterocycles. The molecule has 0 saturated carbocycles. The summed E-state index contributed by atoms with van der Waals surface area (Å²) in [6.45, 7) is 0. The number of halogens is 10. The molecule has 2 rings (SSSR count). The summed E-state index contributed by atoms with van der Waals surface area (Å²) >= 11 is 46.8. The van der Waals surface area contributed by atoms with Crippen LogP contribution >= 0.6 is 186 Å². The molecule has 0 nitrogen and oxygen atoms in total. The van der Waals surface area contributed by atoms with Crippen molar-refractivity contribution in [1.29, 1.82) is 0 Å². The van der Waals surface area contributed by atoms with E-state index in [2.05, 4.69) is 127 Å². The van der Waals surface area contributed by atoms with Gasteiger partial charge in [-0.2, -0.15) is 0 Å². The van der Waals surface area contributed by atoms with Crippen molar-refractivity contribution in [2.75, 3.05) is 23.3 Å². The highest BCUT2D eigenvalue weighted by Gasteiger charge is 2.25. The lowest BCUT2D eigenvalue weighted by Gasteiger charge is -2.19. The van der Waals surface area contributed by atoms with E-state index in [1.165, 1.54) is 0 Å². The van der Waals surface area contributed by atoms with Crippen LogP contribution in [0.3, 0.4) is 0 Å².